The Balaban J connectivity index is 2.10. The number of carbonyl (C=O) groups excluding carboxylic acids is 2. The molecule has 25 heavy (non-hydrogen) atoms. The maximum absolute atomic E-state index is 13.0. The molecule has 138 valence electrons. The van der Waals surface area contributed by atoms with E-state index in [2.05, 4.69) is 17.3 Å². The summed E-state index contributed by atoms with van der Waals surface area (Å²) < 4.78 is 0. The van der Waals surface area contributed by atoms with Crippen molar-refractivity contribution in [3.05, 3.63) is 35.9 Å². The largest absolute Gasteiger partial charge is 0.338 e. The van der Waals surface area contributed by atoms with E-state index in [1.165, 1.54) is 0 Å². The lowest BCUT2D eigenvalue weighted by molar-refractivity contribution is -0.134. The van der Waals surface area contributed by atoms with Crippen molar-refractivity contribution in [3.63, 3.8) is 0 Å². The average Bonchev–Trinajstić information content (AvgIpc) is 2.61. The number of nitrogens with zero attached hydrogens (tertiary/aromatic N) is 3. The number of rotatable bonds is 5. The molecule has 6 nitrogen and oxygen atoms in total. The van der Waals surface area contributed by atoms with Gasteiger partial charge in [-0.15, -0.1) is 0 Å². The van der Waals surface area contributed by atoms with Gasteiger partial charge < -0.3 is 20.0 Å². The highest BCUT2D eigenvalue weighted by atomic mass is 16.2. The zero-order valence-corrected chi connectivity index (χ0v) is 15.7. The van der Waals surface area contributed by atoms with E-state index in [4.69, 9.17) is 0 Å². The molecule has 1 N–H and O–H groups in total. The van der Waals surface area contributed by atoms with Gasteiger partial charge in [0.05, 0.1) is 0 Å². The Morgan fingerprint density at radius 2 is 1.72 bits per heavy atom. The molecule has 1 fully saturated rings. The number of hydrogen-bond acceptors (Lipinski definition) is 3. The highest BCUT2D eigenvalue weighted by molar-refractivity contribution is 5.87. The van der Waals surface area contributed by atoms with Gasteiger partial charge in [0.15, 0.2) is 0 Å². The molecule has 1 aromatic rings. The van der Waals surface area contributed by atoms with Crippen molar-refractivity contribution < 1.29 is 9.59 Å². The van der Waals surface area contributed by atoms with Gasteiger partial charge in [0.1, 0.15) is 6.04 Å². The van der Waals surface area contributed by atoms with E-state index in [0.717, 1.165) is 18.7 Å². The van der Waals surface area contributed by atoms with Crippen LogP contribution in [0.3, 0.4) is 0 Å². The summed E-state index contributed by atoms with van der Waals surface area (Å²) in [6, 6.07) is 9.16. The van der Waals surface area contributed by atoms with Crippen LogP contribution in [-0.4, -0.2) is 79.0 Å². The standard InChI is InChI=1S/C19H30N4O2/c1-15(2)22(4)19(25)20-17(14-16-8-6-5-7-9-16)18(24)23-12-10-21(3)11-13-23/h5-9,15,17H,10-14H2,1-4H3,(H,20,25). The average molecular weight is 346 g/mol. The lowest BCUT2D eigenvalue weighted by Crippen LogP contribution is -2.56. The molecule has 1 saturated heterocycles. The van der Waals surface area contributed by atoms with Crippen molar-refractivity contribution in [2.24, 2.45) is 0 Å². The maximum atomic E-state index is 13.0. The molecule has 1 unspecified atom stereocenters. The van der Waals surface area contributed by atoms with Crippen molar-refractivity contribution in [2.45, 2.75) is 32.4 Å². The molecule has 0 spiro atoms. The third-order valence-corrected chi connectivity index (χ3v) is 4.79. The predicted octanol–water partition coefficient (Wildman–Crippen LogP) is 1.42. The van der Waals surface area contributed by atoms with E-state index < -0.39 is 6.04 Å². The number of likely N-dealkylation sites (N-methyl/N-ethyl adjacent to an activating group) is 1. The topological polar surface area (TPSA) is 55.9 Å². The van der Waals surface area contributed by atoms with Crippen LogP contribution in [0.25, 0.3) is 0 Å². The summed E-state index contributed by atoms with van der Waals surface area (Å²) >= 11 is 0. The molecular formula is C19H30N4O2. The Morgan fingerprint density at radius 1 is 1.12 bits per heavy atom. The molecule has 3 amide bonds. The molecule has 0 saturated carbocycles. The van der Waals surface area contributed by atoms with Gasteiger partial charge in [-0.3, -0.25) is 4.79 Å². The van der Waals surface area contributed by atoms with Gasteiger partial charge in [-0.05, 0) is 26.5 Å². The van der Waals surface area contributed by atoms with Crippen LogP contribution in [0.15, 0.2) is 30.3 Å². The summed E-state index contributed by atoms with van der Waals surface area (Å²) in [5.41, 5.74) is 1.04. The molecule has 1 heterocycles. The zero-order chi connectivity index (χ0) is 18.4. The Kier molecular flexibility index (Phi) is 6.82. The Hall–Kier alpha value is -2.08. The van der Waals surface area contributed by atoms with E-state index in [1.54, 1.807) is 11.9 Å². The quantitative estimate of drug-likeness (QED) is 0.877. The summed E-state index contributed by atoms with van der Waals surface area (Å²) in [7, 11) is 3.81. The number of urea groups is 1. The first-order valence-electron chi connectivity index (χ1n) is 8.93. The summed E-state index contributed by atoms with van der Waals surface area (Å²) in [6.45, 7) is 7.04. The minimum Gasteiger partial charge on any atom is -0.338 e. The van der Waals surface area contributed by atoms with Crippen LogP contribution < -0.4 is 5.32 Å². The number of benzene rings is 1. The minimum atomic E-state index is -0.542. The molecule has 1 aromatic carbocycles. The van der Waals surface area contributed by atoms with Crippen LogP contribution in [0, 0.1) is 0 Å². The second-order valence-corrected chi connectivity index (χ2v) is 7.03. The van der Waals surface area contributed by atoms with Gasteiger partial charge in [0, 0.05) is 45.7 Å². The molecule has 0 aliphatic carbocycles. The number of piperazine rings is 1. The van der Waals surface area contributed by atoms with Gasteiger partial charge in [-0.1, -0.05) is 30.3 Å². The molecule has 6 heteroatoms. The van der Waals surface area contributed by atoms with Crippen LogP contribution in [0.4, 0.5) is 4.79 Å². The van der Waals surface area contributed by atoms with E-state index in [-0.39, 0.29) is 18.0 Å². The van der Waals surface area contributed by atoms with Gasteiger partial charge in [-0.2, -0.15) is 0 Å². The van der Waals surface area contributed by atoms with Gasteiger partial charge in [-0.25, -0.2) is 4.79 Å². The monoisotopic (exact) mass is 346 g/mol. The molecule has 2 rings (SSSR count). The van der Waals surface area contributed by atoms with Crippen LogP contribution in [0.5, 0.6) is 0 Å². The number of hydrogen-bond donors (Lipinski definition) is 1. The second kappa shape index (κ2) is 8.85. The van der Waals surface area contributed by atoms with Crippen LogP contribution >= 0.6 is 0 Å². The normalized spacial score (nSPS) is 16.6. The fraction of sp³-hybridized carbons (Fsp3) is 0.579. The molecule has 1 atom stereocenters. The van der Waals surface area contributed by atoms with E-state index >= 15 is 0 Å². The number of amides is 3. The molecule has 0 aromatic heterocycles. The van der Waals surface area contributed by atoms with Crippen molar-refractivity contribution in [3.8, 4) is 0 Å². The Morgan fingerprint density at radius 3 is 2.28 bits per heavy atom. The third kappa shape index (κ3) is 5.46. The number of nitrogens with one attached hydrogen (secondary N) is 1. The molecule has 0 radical (unpaired) electrons. The summed E-state index contributed by atoms with van der Waals surface area (Å²) in [5.74, 6) is 0.00228. The summed E-state index contributed by atoms with van der Waals surface area (Å²) in [5, 5.41) is 2.94. The van der Waals surface area contributed by atoms with Crippen LogP contribution in [0.1, 0.15) is 19.4 Å². The fourth-order valence-electron chi connectivity index (χ4n) is 2.78. The van der Waals surface area contributed by atoms with Crippen molar-refractivity contribution in [2.75, 3.05) is 40.3 Å². The third-order valence-electron chi connectivity index (χ3n) is 4.79. The molecular weight excluding hydrogens is 316 g/mol. The Bertz CT molecular complexity index is 568. The van der Waals surface area contributed by atoms with Crippen LogP contribution in [-0.2, 0) is 11.2 Å². The highest BCUT2D eigenvalue weighted by Gasteiger charge is 2.29. The lowest BCUT2D eigenvalue weighted by atomic mass is 10.0. The molecule has 1 aliphatic rings. The minimum absolute atomic E-state index is 0.00228. The highest BCUT2D eigenvalue weighted by Crippen LogP contribution is 2.09. The van der Waals surface area contributed by atoms with Crippen molar-refractivity contribution in [1.29, 1.82) is 0 Å². The first-order chi connectivity index (χ1) is 11.9. The summed E-state index contributed by atoms with van der Waals surface area (Å²) in [6.07, 6.45) is 0.504. The van der Waals surface area contributed by atoms with Gasteiger partial charge in [0.25, 0.3) is 0 Å². The second-order valence-electron chi connectivity index (χ2n) is 7.03. The predicted molar refractivity (Wildman–Crippen MR) is 99.4 cm³/mol. The fourth-order valence-corrected chi connectivity index (χ4v) is 2.78. The summed E-state index contributed by atoms with van der Waals surface area (Å²) in [4.78, 5) is 31.2. The van der Waals surface area contributed by atoms with Crippen molar-refractivity contribution >= 4 is 11.9 Å². The first-order valence-corrected chi connectivity index (χ1v) is 8.93. The Labute approximate surface area is 150 Å². The van der Waals surface area contributed by atoms with E-state index in [0.29, 0.717) is 19.5 Å². The van der Waals surface area contributed by atoms with Gasteiger partial charge >= 0.3 is 6.03 Å². The smallest absolute Gasteiger partial charge is 0.318 e. The van der Waals surface area contributed by atoms with E-state index in [9.17, 15) is 9.59 Å². The number of carbonyl (C=O) groups is 2. The molecule has 0 bridgehead atoms. The SMILES string of the molecule is CC(C)N(C)C(=O)NC(Cc1ccccc1)C(=O)N1CCN(C)CC1. The zero-order valence-electron chi connectivity index (χ0n) is 15.7. The van der Waals surface area contributed by atoms with E-state index in [1.807, 2.05) is 49.1 Å². The van der Waals surface area contributed by atoms with Crippen LogP contribution in [0.2, 0.25) is 0 Å². The van der Waals surface area contributed by atoms with Gasteiger partial charge in [0.2, 0.25) is 5.91 Å². The first kappa shape index (κ1) is 19.2. The molecule has 1 aliphatic heterocycles. The lowest BCUT2D eigenvalue weighted by Gasteiger charge is -2.35. The maximum Gasteiger partial charge on any atom is 0.318 e. The van der Waals surface area contributed by atoms with Crippen molar-refractivity contribution in [1.82, 2.24) is 20.0 Å².